The van der Waals surface area contributed by atoms with Crippen LogP contribution in [-0.2, 0) is 7.05 Å². The van der Waals surface area contributed by atoms with Gasteiger partial charge in [-0.2, -0.15) is 9.78 Å². The van der Waals surface area contributed by atoms with Gasteiger partial charge in [-0.15, -0.1) is 5.10 Å². The summed E-state index contributed by atoms with van der Waals surface area (Å²) in [6, 6.07) is 8.53. The molecule has 4 aromatic rings. The van der Waals surface area contributed by atoms with Crippen molar-refractivity contribution in [1.82, 2.24) is 34.7 Å². The van der Waals surface area contributed by atoms with Gasteiger partial charge in [0.25, 0.3) is 5.91 Å². The third-order valence-electron chi connectivity index (χ3n) is 5.77. The number of aryl methyl sites for hydroxylation is 1. The summed E-state index contributed by atoms with van der Waals surface area (Å²) in [5, 5.41) is 12.0. The highest BCUT2D eigenvalue weighted by Gasteiger charge is 2.36. The Morgan fingerprint density at radius 2 is 1.91 bits per heavy atom. The smallest absolute Gasteiger partial charge is 0.276 e. The lowest BCUT2D eigenvalue weighted by atomic mass is 9.82. The lowest BCUT2D eigenvalue weighted by molar-refractivity contribution is 0.0659. The summed E-state index contributed by atoms with van der Waals surface area (Å²) in [4.78, 5) is 18.8. The first-order valence-electron chi connectivity index (χ1n) is 10.0. The molecule has 0 saturated carbocycles. The average Bonchev–Trinajstić information content (AvgIpc) is 3.43. The van der Waals surface area contributed by atoms with E-state index < -0.39 is 11.6 Å². The van der Waals surface area contributed by atoms with Crippen LogP contribution in [0.1, 0.15) is 46.1 Å². The molecule has 10 heteroatoms. The molecule has 1 amide bonds. The topological polar surface area (TPSA) is 81.7 Å². The molecule has 0 saturated heterocycles. The van der Waals surface area contributed by atoms with Crippen LogP contribution in [0.3, 0.4) is 0 Å². The molecular formula is C22H19F2N7O. The van der Waals surface area contributed by atoms with E-state index in [1.165, 1.54) is 6.20 Å². The Balaban J connectivity index is 1.49. The second-order valence-electron chi connectivity index (χ2n) is 7.77. The number of benzene rings is 1. The van der Waals surface area contributed by atoms with Gasteiger partial charge in [0.05, 0.1) is 24.6 Å². The number of aromatic nitrogens is 6. The number of rotatable bonds is 3. The van der Waals surface area contributed by atoms with Crippen molar-refractivity contribution in [3.05, 3.63) is 89.1 Å². The number of amides is 1. The van der Waals surface area contributed by atoms with Crippen LogP contribution in [0.5, 0.6) is 0 Å². The van der Waals surface area contributed by atoms with E-state index in [0.717, 1.165) is 27.6 Å². The molecule has 3 aromatic heterocycles. The summed E-state index contributed by atoms with van der Waals surface area (Å²) >= 11 is 0. The molecule has 0 bridgehead atoms. The first-order valence-corrected chi connectivity index (χ1v) is 10.0. The number of hydrogen-bond acceptors (Lipinski definition) is 5. The van der Waals surface area contributed by atoms with E-state index in [9.17, 15) is 13.6 Å². The van der Waals surface area contributed by atoms with Crippen LogP contribution < -0.4 is 0 Å². The zero-order valence-electron chi connectivity index (χ0n) is 17.4. The van der Waals surface area contributed by atoms with Gasteiger partial charge in [0.15, 0.2) is 17.3 Å². The van der Waals surface area contributed by atoms with Gasteiger partial charge < -0.3 is 4.90 Å². The maximum absolute atomic E-state index is 14.1. The van der Waals surface area contributed by atoms with Crippen molar-refractivity contribution in [2.24, 2.45) is 7.05 Å². The largest absolute Gasteiger partial charge is 0.329 e. The van der Waals surface area contributed by atoms with Gasteiger partial charge in [0.1, 0.15) is 5.82 Å². The molecule has 162 valence electrons. The van der Waals surface area contributed by atoms with Crippen molar-refractivity contribution in [3.63, 3.8) is 0 Å². The van der Waals surface area contributed by atoms with E-state index in [0.29, 0.717) is 12.6 Å². The SMILES string of the molecule is C[C@H]1c2ccccc2[C@@H](c2cnn(C)c2)CN1C(=O)c1cn(-c2ncc(F)cc2F)nn1. The fourth-order valence-electron chi connectivity index (χ4n) is 4.18. The first kappa shape index (κ1) is 20.0. The van der Waals surface area contributed by atoms with Crippen LogP contribution in [0.2, 0.25) is 0 Å². The summed E-state index contributed by atoms with van der Waals surface area (Å²) in [5.74, 6) is -2.32. The number of halogens is 2. The number of hydrogen-bond donors (Lipinski definition) is 0. The fourth-order valence-corrected chi connectivity index (χ4v) is 4.18. The molecule has 2 atom stereocenters. The number of carbonyl (C=O) groups excluding carboxylic acids is 1. The summed E-state index contributed by atoms with van der Waals surface area (Å²) in [6.45, 7) is 2.39. The number of pyridine rings is 1. The first-order chi connectivity index (χ1) is 15.4. The fraction of sp³-hybridized carbons (Fsp3) is 0.227. The highest BCUT2D eigenvalue weighted by atomic mass is 19.1. The van der Waals surface area contributed by atoms with Gasteiger partial charge in [0.2, 0.25) is 0 Å². The van der Waals surface area contributed by atoms with E-state index in [1.54, 1.807) is 15.8 Å². The number of carbonyl (C=O) groups is 1. The third-order valence-corrected chi connectivity index (χ3v) is 5.77. The molecule has 0 spiro atoms. The van der Waals surface area contributed by atoms with Crippen molar-refractivity contribution in [2.75, 3.05) is 6.54 Å². The van der Waals surface area contributed by atoms with E-state index in [4.69, 9.17) is 0 Å². The minimum absolute atomic E-state index is 0.0479. The van der Waals surface area contributed by atoms with Gasteiger partial charge in [0, 0.05) is 31.8 Å². The molecular weight excluding hydrogens is 416 g/mol. The van der Waals surface area contributed by atoms with E-state index >= 15 is 0 Å². The van der Waals surface area contributed by atoms with Gasteiger partial charge in [-0.25, -0.2) is 13.8 Å². The van der Waals surface area contributed by atoms with Crippen LogP contribution >= 0.6 is 0 Å². The van der Waals surface area contributed by atoms with Crippen LogP contribution in [-0.4, -0.2) is 47.1 Å². The van der Waals surface area contributed by atoms with E-state index in [1.807, 2.05) is 38.4 Å². The van der Waals surface area contributed by atoms with E-state index in [2.05, 4.69) is 26.5 Å². The Labute approximate surface area is 182 Å². The standard InChI is InChI=1S/C22H19F2N7O/c1-13-16-5-3-4-6-17(16)18(14-8-26-29(2)10-14)11-30(13)22(32)20-12-31(28-27-20)21-19(24)7-15(23)9-25-21/h3-10,12-13,18H,11H2,1-2H3/t13-,18+/m0/s1. The molecule has 1 aliphatic heterocycles. The summed E-state index contributed by atoms with van der Waals surface area (Å²) in [7, 11) is 1.85. The maximum Gasteiger partial charge on any atom is 0.276 e. The Morgan fingerprint density at radius 1 is 1.12 bits per heavy atom. The zero-order valence-corrected chi connectivity index (χ0v) is 17.4. The molecule has 1 aliphatic rings. The van der Waals surface area contributed by atoms with Gasteiger partial charge in [-0.3, -0.25) is 9.48 Å². The van der Waals surface area contributed by atoms with Gasteiger partial charge in [-0.05, 0) is 23.6 Å². The van der Waals surface area contributed by atoms with Gasteiger partial charge in [-0.1, -0.05) is 29.5 Å². The summed E-state index contributed by atoms with van der Waals surface area (Å²) < 4.78 is 30.0. The molecule has 1 aromatic carbocycles. The second-order valence-corrected chi connectivity index (χ2v) is 7.77. The van der Waals surface area contributed by atoms with Crippen molar-refractivity contribution < 1.29 is 13.6 Å². The van der Waals surface area contributed by atoms with Crippen LogP contribution in [0.15, 0.2) is 55.1 Å². The number of nitrogens with zero attached hydrogens (tertiary/aromatic N) is 7. The predicted octanol–water partition coefficient (Wildman–Crippen LogP) is 3.02. The summed E-state index contributed by atoms with van der Waals surface area (Å²) in [6.07, 6.45) is 5.93. The zero-order chi connectivity index (χ0) is 22.4. The predicted molar refractivity (Wildman–Crippen MR) is 110 cm³/mol. The van der Waals surface area contributed by atoms with Crippen molar-refractivity contribution in [3.8, 4) is 5.82 Å². The van der Waals surface area contributed by atoms with E-state index in [-0.39, 0.29) is 29.4 Å². The maximum atomic E-state index is 14.1. The second kappa shape index (κ2) is 7.63. The quantitative estimate of drug-likeness (QED) is 0.494. The Kier molecular flexibility index (Phi) is 4.76. The van der Waals surface area contributed by atoms with Crippen LogP contribution in [0.25, 0.3) is 5.82 Å². The Hall–Kier alpha value is -3.95. The lowest BCUT2D eigenvalue weighted by Gasteiger charge is -2.39. The van der Waals surface area contributed by atoms with Crippen LogP contribution in [0.4, 0.5) is 8.78 Å². The molecule has 32 heavy (non-hydrogen) atoms. The van der Waals surface area contributed by atoms with Gasteiger partial charge >= 0.3 is 0 Å². The normalized spacial score (nSPS) is 17.9. The number of fused-ring (bicyclic) bond motifs is 1. The molecule has 0 radical (unpaired) electrons. The highest BCUT2D eigenvalue weighted by molar-refractivity contribution is 5.92. The molecule has 0 N–H and O–H groups in total. The minimum Gasteiger partial charge on any atom is -0.329 e. The van der Waals surface area contributed by atoms with Crippen molar-refractivity contribution >= 4 is 5.91 Å². The summed E-state index contributed by atoms with van der Waals surface area (Å²) in [5.41, 5.74) is 3.25. The van der Waals surface area contributed by atoms with Crippen molar-refractivity contribution in [2.45, 2.75) is 18.9 Å². The molecule has 4 heterocycles. The molecule has 0 aliphatic carbocycles. The molecule has 0 unspecified atom stereocenters. The Bertz CT molecular complexity index is 1320. The third kappa shape index (κ3) is 3.33. The molecule has 5 rings (SSSR count). The minimum atomic E-state index is -0.897. The highest BCUT2D eigenvalue weighted by Crippen LogP contribution is 2.39. The molecule has 8 nitrogen and oxygen atoms in total. The van der Waals surface area contributed by atoms with Crippen molar-refractivity contribution in [1.29, 1.82) is 0 Å². The lowest BCUT2D eigenvalue weighted by Crippen LogP contribution is -2.41. The Morgan fingerprint density at radius 3 is 2.62 bits per heavy atom. The molecule has 0 fully saturated rings. The average molecular weight is 435 g/mol. The van der Waals surface area contributed by atoms with Crippen LogP contribution in [0, 0.1) is 11.6 Å². The monoisotopic (exact) mass is 435 g/mol.